The van der Waals surface area contributed by atoms with Crippen molar-refractivity contribution in [3.8, 4) is 5.88 Å². The van der Waals surface area contributed by atoms with Crippen LogP contribution in [0.5, 0.6) is 5.88 Å². The van der Waals surface area contributed by atoms with Crippen LogP contribution in [0.25, 0.3) is 0 Å². The number of ether oxygens (including phenoxy) is 1. The molecule has 1 saturated heterocycles. The van der Waals surface area contributed by atoms with Gasteiger partial charge in [0.05, 0.1) is 13.0 Å². The van der Waals surface area contributed by atoms with Crippen LogP contribution in [0.2, 0.25) is 0 Å². The Hall–Kier alpha value is -1.26. The minimum absolute atomic E-state index is 0. The summed E-state index contributed by atoms with van der Waals surface area (Å²) in [6, 6.07) is 5.42. The highest BCUT2D eigenvalue weighted by molar-refractivity contribution is 14.0. The SMILES string of the molecule is CN=C(NCCC(F)(F)F)N1CCC(Oc2ccccn2)C1.I. The first kappa shape index (κ1) is 19.8. The highest BCUT2D eigenvalue weighted by Crippen LogP contribution is 2.19. The van der Waals surface area contributed by atoms with Gasteiger partial charge in [0.1, 0.15) is 6.10 Å². The van der Waals surface area contributed by atoms with E-state index in [4.69, 9.17) is 4.74 Å². The van der Waals surface area contributed by atoms with E-state index >= 15 is 0 Å². The summed E-state index contributed by atoms with van der Waals surface area (Å²) < 4.78 is 42.3. The fraction of sp³-hybridized carbons (Fsp3) is 0.571. The Morgan fingerprint density at radius 2 is 2.26 bits per heavy atom. The van der Waals surface area contributed by atoms with Gasteiger partial charge in [0, 0.05) is 38.8 Å². The summed E-state index contributed by atoms with van der Waals surface area (Å²) in [5.74, 6) is 1.02. The molecule has 130 valence electrons. The number of guanidine groups is 1. The van der Waals surface area contributed by atoms with Crippen molar-refractivity contribution in [2.45, 2.75) is 25.1 Å². The molecule has 0 aliphatic carbocycles. The smallest absolute Gasteiger partial charge is 0.390 e. The van der Waals surface area contributed by atoms with E-state index in [9.17, 15) is 13.2 Å². The largest absolute Gasteiger partial charge is 0.472 e. The predicted octanol–water partition coefficient (Wildman–Crippen LogP) is 2.68. The quantitative estimate of drug-likeness (QED) is 0.441. The van der Waals surface area contributed by atoms with Gasteiger partial charge < -0.3 is 15.0 Å². The van der Waals surface area contributed by atoms with Crippen molar-refractivity contribution in [3.05, 3.63) is 24.4 Å². The summed E-state index contributed by atoms with van der Waals surface area (Å²) in [5.41, 5.74) is 0. The Bertz CT molecular complexity index is 499. The number of rotatable bonds is 4. The Morgan fingerprint density at radius 3 is 2.87 bits per heavy atom. The van der Waals surface area contributed by atoms with Crippen molar-refractivity contribution in [2.75, 3.05) is 26.7 Å². The Labute approximate surface area is 150 Å². The van der Waals surface area contributed by atoms with Crippen molar-refractivity contribution in [2.24, 2.45) is 4.99 Å². The second-order valence-electron chi connectivity index (χ2n) is 4.98. The number of nitrogens with zero attached hydrogens (tertiary/aromatic N) is 3. The van der Waals surface area contributed by atoms with Gasteiger partial charge in [-0.1, -0.05) is 6.07 Å². The second kappa shape index (κ2) is 9.14. The zero-order valence-electron chi connectivity index (χ0n) is 12.7. The first-order valence-electron chi connectivity index (χ1n) is 7.08. The molecule has 0 spiro atoms. The first-order valence-corrected chi connectivity index (χ1v) is 7.08. The molecule has 1 aliphatic heterocycles. The molecule has 2 rings (SSSR count). The lowest BCUT2D eigenvalue weighted by Crippen LogP contribution is -2.42. The third-order valence-electron chi connectivity index (χ3n) is 3.27. The molecular formula is C14H20F3IN4O. The average molecular weight is 444 g/mol. The van der Waals surface area contributed by atoms with E-state index in [0.29, 0.717) is 24.9 Å². The minimum atomic E-state index is -4.17. The van der Waals surface area contributed by atoms with E-state index in [2.05, 4.69) is 15.3 Å². The fourth-order valence-corrected chi connectivity index (χ4v) is 2.25. The summed E-state index contributed by atoms with van der Waals surface area (Å²) in [5, 5.41) is 2.74. The number of aromatic nitrogens is 1. The van der Waals surface area contributed by atoms with Gasteiger partial charge in [0.25, 0.3) is 0 Å². The molecule has 0 amide bonds. The third kappa shape index (κ3) is 6.80. The first-order chi connectivity index (χ1) is 10.5. The topological polar surface area (TPSA) is 49.8 Å². The van der Waals surface area contributed by atoms with Crippen LogP contribution in [0, 0.1) is 0 Å². The molecule has 9 heteroatoms. The van der Waals surface area contributed by atoms with Gasteiger partial charge in [0.15, 0.2) is 5.96 Å². The highest BCUT2D eigenvalue weighted by atomic mass is 127. The van der Waals surface area contributed by atoms with Crippen molar-refractivity contribution in [1.29, 1.82) is 0 Å². The van der Waals surface area contributed by atoms with E-state index < -0.39 is 12.6 Å². The van der Waals surface area contributed by atoms with E-state index in [0.717, 1.165) is 6.42 Å². The number of hydrogen-bond acceptors (Lipinski definition) is 3. The van der Waals surface area contributed by atoms with Gasteiger partial charge in [-0.2, -0.15) is 13.2 Å². The zero-order chi connectivity index (χ0) is 16.0. The number of pyridine rings is 1. The van der Waals surface area contributed by atoms with Crippen LogP contribution < -0.4 is 10.1 Å². The van der Waals surface area contributed by atoms with Crippen LogP contribution in [-0.4, -0.2) is 54.8 Å². The lowest BCUT2D eigenvalue weighted by atomic mass is 10.3. The van der Waals surface area contributed by atoms with Gasteiger partial charge >= 0.3 is 6.18 Å². The Balaban J connectivity index is 0.00000264. The molecule has 0 radical (unpaired) electrons. The van der Waals surface area contributed by atoms with Crippen LogP contribution in [0.15, 0.2) is 29.4 Å². The molecule has 0 aromatic carbocycles. The van der Waals surface area contributed by atoms with Crippen LogP contribution in [0.1, 0.15) is 12.8 Å². The van der Waals surface area contributed by atoms with Crippen LogP contribution in [-0.2, 0) is 0 Å². The highest BCUT2D eigenvalue weighted by Gasteiger charge is 2.29. The van der Waals surface area contributed by atoms with Gasteiger partial charge in [-0.3, -0.25) is 4.99 Å². The normalized spacial score (nSPS) is 18.5. The fourth-order valence-electron chi connectivity index (χ4n) is 2.25. The van der Waals surface area contributed by atoms with E-state index in [-0.39, 0.29) is 36.6 Å². The Kier molecular flexibility index (Phi) is 7.86. The standard InChI is InChI=1S/C14H19F3N4O.HI/c1-18-13(20-8-6-14(15,16)17)21-9-5-11(10-21)22-12-4-2-3-7-19-12;/h2-4,7,11H,5-6,8-10H2,1H3,(H,18,20);1H. The number of halogens is 4. The molecule has 1 fully saturated rings. The number of likely N-dealkylation sites (tertiary alicyclic amines) is 1. The molecule has 2 heterocycles. The summed E-state index contributed by atoms with van der Waals surface area (Å²) >= 11 is 0. The van der Waals surface area contributed by atoms with Gasteiger partial charge in [-0.05, 0) is 6.07 Å². The van der Waals surface area contributed by atoms with Gasteiger partial charge in [0.2, 0.25) is 5.88 Å². The molecule has 0 saturated carbocycles. The third-order valence-corrected chi connectivity index (χ3v) is 3.27. The second-order valence-corrected chi connectivity index (χ2v) is 4.98. The molecule has 1 unspecified atom stereocenters. The molecule has 1 atom stereocenters. The number of aliphatic imine (C=N–C) groups is 1. The van der Waals surface area contributed by atoms with Crippen LogP contribution >= 0.6 is 24.0 Å². The van der Waals surface area contributed by atoms with Crippen molar-refractivity contribution >= 4 is 29.9 Å². The lowest BCUT2D eigenvalue weighted by Gasteiger charge is -2.22. The molecule has 23 heavy (non-hydrogen) atoms. The molecule has 1 aromatic rings. The average Bonchev–Trinajstić information content (AvgIpc) is 2.92. The maximum atomic E-state index is 12.2. The number of hydrogen-bond donors (Lipinski definition) is 1. The summed E-state index contributed by atoms with van der Waals surface area (Å²) in [6.07, 6.45) is -2.66. The monoisotopic (exact) mass is 444 g/mol. The zero-order valence-corrected chi connectivity index (χ0v) is 15.0. The maximum Gasteiger partial charge on any atom is 0.390 e. The van der Waals surface area contributed by atoms with E-state index in [1.54, 1.807) is 25.4 Å². The van der Waals surface area contributed by atoms with Gasteiger partial charge in [-0.15, -0.1) is 24.0 Å². The lowest BCUT2D eigenvalue weighted by molar-refractivity contribution is -0.132. The van der Waals surface area contributed by atoms with Crippen molar-refractivity contribution in [1.82, 2.24) is 15.2 Å². The van der Waals surface area contributed by atoms with Gasteiger partial charge in [-0.25, -0.2) is 4.98 Å². The van der Waals surface area contributed by atoms with Crippen LogP contribution in [0.4, 0.5) is 13.2 Å². The minimum Gasteiger partial charge on any atom is -0.472 e. The summed E-state index contributed by atoms with van der Waals surface area (Å²) in [7, 11) is 1.56. The number of alkyl halides is 3. The van der Waals surface area contributed by atoms with Crippen LogP contribution in [0.3, 0.4) is 0 Å². The van der Waals surface area contributed by atoms with E-state index in [1.165, 1.54) is 0 Å². The maximum absolute atomic E-state index is 12.2. The molecule has 5 nitrogen and oxygen atoms in total. The molecule has 1 aliphatic rings. The van der Waals surface area contributed by atoms with Crippen molar-refractivity contribution < 1.29 is 17.9 Å². The van der Waals surface area contributed by atoms with Crippen molar-refractivity contribution in [3.63, 3.8) is 0 Å². The van der Waals surface area contributed by atoms with E-state index in [1.807, 2.05) is 11.0 Å². The molecule has 1 N–H and O–H groups in total. The molecule has 1 aromatic heterocycles. The predicted molar refractivity (Wildman–Crippen MR) is 92.3 cm³/mol. The summed E-state index contributed by atoms with van der Waals surface area (Å²) in [4.78, 5) is 10.0. The molecule has 0 bridgehead atoms. The number of nitrogens with one attached hydrogen (secondary N) is 1. The Morgan fingerprint density at radius 1 is 1.48 bits per heavy atom. The molecular weight excluding hydrogens is 424 g/mol. The summed E-state index contributed by atoms with van der Waals surface area (Å²) in [6.45, 7) is 1.07.